The number of amides is 1. The third kappa shape index (κ3) is 2.54. The number of rotatable bonds is 1. The van der Waals surface area contributed by atoms with Gasteiger partial charge in [-0.1, -0.05) is 0 Å². The lowest BCUT2D eigenvalue weighted by molar-refractivity contribution is -0.121. The van der Waals surface area contributed by atoms with Gasteiger partial charge in [0.2, 0.25) is 5.91 Å². The molecule has 0 spiro atoms. The van der Waals surface area contributed by atoms with Crippen LogP contribution in [0.4, 0.5) is 0 Å². The normalized spacial score (nSPS) is 31.5. The Kier molecular flexibility index (Phi) is 4.21. The Morgan fingerprint density at radius 3 is 2.45 bits per heavy atom. The summed E-state index contributed by atoms with van der Waals surface area (Å²) in [7, 11) is 1.89. The largest absolute Gasteiger partial charge is 0.368 e. The number of likely N-dealkylation sites (N-methyl/N-ethyl adjacent to an activating group) is 1. The Bertz CT molecular complexity index is 156. The number of hydrogen-bond acceptors (Lipinski definition) is 3. The topological polar surface area (TPSA) is 46.3 Å². The molecule has 3 nitrogen and oxygen atoms in total. The molecule has 1 heterocycles. The van der Waals surface area contributed by atoms with Gasteiger partial charge in [-0.25, -0.2) is 0 Å². The van der Waals surface area contributed by atoms with Crippen LogP contribution >= 0.6 is 25.0 Å². The summed E-state index contributed by atoms with van der Waals surface area (Å²) < 4.78 is 0. The summed E-state index contributed by atoms with van der Waals surface area (Å²) in [6.45, 7) is 0.858. The predicted molar refractivity (Wildman–Crippen MR) is 50.3 cm³/mol. The molecular weight excluding hydrogens is 184 g/mol. The van der Waals surface area contributed by atoms with E-state index in [1.807, 2.05) is 11.9 Å². The molecule has 0 aromatic carbocycles. The summed E-state index contributed by atoms with van der Waals surface area (Å²) >= 11 is 4.26. The zero-order chi connectivity index (χ0) is 7.72. The maximum absolute atomic E-state index is 10.7. The molecule has 1 aliphatic rings. The van der Waals surface area contributed by atoms with Gasteiger partial charge in [0.25, 0.3) is 0 Å². The smallest absolute Gasteiger partial charge is 0.234 e. The monoisotopic (exact) mass is 196 g/mol. The molecule has 0 bridgehead atoms. The average molecular weight is 197 g/mol. The van der Waals surface area contributed by atoms with E-state index in [-0.39, 0.29) is 24.4 Å². The molecule has 2 N–H and O–H groups in total. The van der Waals surface area contributed by atoms with Crippen molar-refractivity contribution in [1.29, 1.82) is 0 Å². The van der Waals surface area contributed by atoms with Crippen molar-refractivity contribution in [2.75, 3.05) is 13.6 Å². The van der Waals surface area contributed by atoms with Crippen molar-refractivity contribution >= 4 is 30.9 Å². The number of halogens is 1. The lowest BCUT2D eigenvalue weighted by atomic mass is 10.2. The third-order valence-corrected chi connectivity index (χ3v) is 2.23. The molecule has 1 saturated heterocycles. The van der Waals surface area contributed by atoms with E-state index in [1.165, 1.54) is 0 Å². The van der Waals surface area contributed by atoms with Crippen LogP contribution in [-0.4, -0.2) is 35.7 Å². The van der Waals surface area contributed by atoms with Crippen LogP contribution in [0.25, 0.3) is 0 Å². The number of nitrogens with zero attached hydrogens (tertiary/aromatic N) is 1. The lowest BCUT2D eigenvalue weighted by Crippen LogP contribution is -2.37. The molecule has 0 aromatic rings. The summed E-state index contributed by atoms with van der Waals surface area (Å²) in [6.07, 6.45) is 0.787. The van der Waals surface area contributed by atoms with Gasteiger partial charge in [0.05, 0.1) is 6.04 Å². The highest BCUT2D eigenvalue weighted by Crippen LogP contribution is 2.18. The second kappa shape index (κ2) is 4.18. The van der Waals surface area contributed by atoms with Crippen molar-refractivity contribution in [2.45, 2.75) is 17.7 Å². The first kappa shape index (κ1) is 11.1. The first-order valence-corrected chi connectivity index (χ1v) is 3.80. The second-order valence-electron chi connectivity index (χ2n) is 2.75. The minimum Gasteiger partial charge on any atom is -0.368 e. The zero-order valence-corrected chi connectivity index (χ0v) is 8.07. The quantitative estimate of drug-likeness (QED) is 0.576. The van der Waals surface area contributed by atoms with Crippen molar-refractivity contribution in [3.05, 3.63) is 0 Å². The second-order valence-corrected chi connectivity index (χ2v) is 3.48. The van der Waals surface area contributed by atoms with Crippen molar-refractivity contribution in [3.63, 3.8) is 0 Å². The molecule has 0 aromatic heterocycles. The molecule has 0 saturated carbocycles. The first-order valence-electron chi connectivity index (χ1n) is 3.29. The standard InChI is InChI=1S/C6H12N2OS.ClH/c1-8-3-4(10)2-5(8)6(7)9;/h4-5,10H,2-3H2,1H3,(H2,7,9);1H. The van der Waals surface area contributed by atoms with Crippen LogP contribution in [-0.2, 0) is 4.79 Å². The van der Waals surface area contributed by atoms with Crippen LogP contribution in [0.1, 0.15) is 6.42 Å². The molecule has 1 fully saturated rings. The predicted octanol–water partition coefficient (Wildman–Crippen LogP) is -0.104. The number of likely N-dealkylation sites (tertiary alicyclic amines) is 1. The number of hydrogen-bond donors (Lipinski definition) is 2. The third-order valence-electron chi connectivity index (χ3n) is 1.85. The fourth-order valence-electron chi connectivity index (χ4n) is 1.31. The highest BCUT2D eigenvalue weighted by molar-refractivity contribution is 7.81. The maximum Gasteiger partial charge on any atom is 0.234 e. The van der Waals surface area contributed by atoms with E-state index in [1.54, 1.807) is 0 Å². The molecule has 66 valence electrons. The summed E-state index contributed by atoms with van der Waals surface area (Å²) in [5, 5.41) is 0.308. The van der Waals surface area contributed by atoms with E-state index in [0.29, 0.717) is 5.25 Å². The molecule has 0 radical (unpaired) electrons. The van der Waals surface area contributed by atoms with Gasteiger partial charge >= 0.3 is 0 Å². The molecule has 1 rings (SSSR count). The molecule has 5 heteroatoms. The Morgan fingerprint density at radius 2 is 2.27 bits per heavy atom. The molecule has 1 amide bonds. The van der Waals surface area contributed by atoms with E-state index < -0.39 is 0 Å². The fraction of sp³-hybridized carbons (Fsp3) is 0.833. The van der Waals surface area contributed by atoms with Crippen LogP contribution in [0.15, 0.2) is 0 Å². The molecular formula is C6H13ClN2OS. The Labute approximate surface area is 78.1 Å². The minimum absolute atomic E-state index is 0. The van der Waals surface area contributed by atoms with Crippen molar-refractivity contribution in [1.82, 2.24) is 4.90 Å². The van der Waals surface area contributed by atoms with Gasteiger partial charge in [-0.05, 0) is 13.5 Å². The van der Waals surface area contributed by atoms with Crippen molar-refractivity contribution in [3.8, 4) is 0 Å². The van der Waals surface area contributed by atoms with Crippen LogP contribution in [0.5, 0.6) is 0 Å². The average Bonchev–Trinajstić information content (AvgIpc) is 2.10. The first-order chi connectivity index (χ1) is 4.61. The van der Waals surface area contributed by atoms with E-state index in [4.69, 9.17) is 5.73 Å². The number of primary amides is 1. The Morgan fingerprint density at radius 1 is 1.73 bits per heavy atom. The molecule has 0 aliphatic carbocycles. The summed E-state index contributed by atoms with van der Waals surface area (Å²) in [5.41, 5.74) is 5.14. The Balaban J connectivity index is 0.000001000. The maximum atomic E-state index is 10.7. The van der Waals surface area contributed by atoms with E-state index in [0.717, 1.165) is 13.0 Å². The van der Waals surface area contributed by atoms with E-state index in [2.05, 4.69) is 12.6 Å². The van der Waals surface area contributed by atoms with Gasteiger partial charge in [0.15, 0.2) is 0 Å². The number of nitrogens with two attached hydrogens (primary N) is 1. The molecule has 11 heavy (non-hydrogen) atoms. The van der Waals surface area contributed by atoms with Crippen molar-refractivity contribution in [2.24, 2.45) is 5.73 Å². The zero-order valence-electron chi connectivity index (χ0n) is 6.36. The van der Waals surface area contributed by atoms with Gasteiger partial charge in [0, 0.05) is 11.8 Å². The van der Waals surface area contributed by atoms with Crippen LogP contribution in [0, 0.1) is 0 Å². The van der Waals surface area contributed by atoms with Gasteiger partial charge in [-0.2, -0.15) is 12.6 Å². The molecule has 1 aliphatic heterocycles. The van der Waals surface area contributed by atoms with Crippen LogP contribution < -0.4 is 5.73 Å². The van der Waals surface area contributed by atoms with Crippen molar-refractivity contribution < 1.29 is 4.79 Å². The SMILES string of the molecule is CN1CC(S)CC1C(N)=O.Cl. The molecule has 2 unspecified atom stereocenters. The minimum atomic E-state index is -0.237. The Hall–Kier alpha value is 0.0700. The number of carbonyl (C=O) groups is 1. The van der Waals surface area contributed by atoms with Crippen LogP contribution in [0.3, 0.4) is 0 Å². The lowest BCUT2D eigenvalue weighted by Gasteiger charge is -2.14. The van der Waals surface area contributed by atoms with E-state index >= 15 is 0 Å². The highest BCUT2D eigenvalue weighted by atomic mass is 35.5. The number of carbonyl (C=O) groups excluding carboxylic acids is 1. The van der Waals surface area contributed by atoms with Gasteiger partial charge in [-0.3, -0.25) is 9.69 Å². The summed E-state index contributed by atoms with van der Waals surface area (Å²) in [6, 6.07) is -0.0949. The molecule has 2 atom stereocenters. The van der Waals surface area contributed by atoms with Crippen LogP contribution in [0.2, 0.25) is 0 Å². The van der Waals surface area contributed by atoms with E-state index in [9.17, 15) is 4.79 Å². The van der Waals surface area contributed by atoms with Gasteiger partial charge < -0.3 is 5.73 Å². The van der Waals surface area contributed by atoms with Gasteiger partial charge in [-0.15, -0.1) is 12.4 Å². The summed E-state index contributed by atoms with van der Waals surface area (Å²) in [5.74, 6) is -0.237. The highest BCUT2D eigenvalue weighted by Gasteiger charge is 2.30. The van der Waals surface area contributed by atoms with Gasteiger partial charge in [0.1, 0.15) is 0 Å². The number of thiol groups is 1. The summed E-state index contributed by atoms with van der Waals surface area (Å²) in [4.78, 5) is 12.6. The fourth-order valence-corrected chi connectivity index (χ4v) is 1.76.